The van der Waals surface area contributed by atoms with Gasteiger partial charge in [0.05, 0.1) is 11.7 Å². The van der Waals surface area contributed by atoms with Crippen molar-refractivity contribution in [2.45, 2.75) is 39.3 Å². The lowest BCUT2D eigenvalue weighted by Gasteiger charge is -2.22. The minimum absolute atomic E-state index is 0.390. The summed E-state index contributed by atoms with van der Waals surface area (Å²) in [5.74, 6) is 1.02. The van der Waals surface area contributed by atoms with Gasteiger partial charge in [-0.2, -0.15) is 0 Å². The fourth-order valence-corrected chi connectivity index (χ4v) is 2.92. The molecule has 2 aromatic rings. The lowest BCUT2D eigenvalue weighted by Crippen LogP contribution is -2.22. The number of rotatable bonds is 3. The Morgan fingerprint density at radius 1 is 1.32 bits per heavy atom. The first-order chi connectivity index (χ1) is 9.22. The smallest absolute Gasteiger partial charge is 0.154 e. The molecular weight excluding hydrogens is 236 g/mol. The number of nitrogens with zero attached hydrogens (tertiary/aromatic N) is 2. The summed E-state index contributed by atoms with van der Waals surface area (Å²) in [5.41, 5.74) is 3.67. The van der Waals surface area contributed by atoms with Crippen molar-refractivity contribution in [1.29, 1.82) is 0 Å². The Morgan fingerprint density at radius 3 is 2.95 bits per heavy atom. The van der Waals surface area contributed by atoms with Gasteiger partial charge in [0.25, 0.3) is 0 Å². The molecule has 1 saturated heterocycles. The van der Waals surface area contributed by atoms with Gasteiger partial charge in [0.15, 0.2) is 5.76 Å². The normalized spacial score (nSPS) is 20.0. The van der Waals surface area contributed by atoms with Crippen molar-refractivity contribution in [3.63, 3.8) is 0 Å². The van der Waals surface area contributed by atoms with E-state index in [0.29, 0.717) is 6.04 Å². The summed E-state index contributed by atoms with van der Waals surface area (Å²) in [6.45, 7) is 6.25. The Labute approximate surface area is 114 Å². The molecule has 0 aliphatic carbocycles. The van der Waals surface area contributed by atoms with Crippen LogP contribution in [0.5, 0.6) is 0 Å². The van der Waals surface area contributed by atoms with Gasteiger partial charge in [-0.25, -0.2) is 0 Å². The molecule has 19 heavy (non-hydrogen) atoms. The minimum Gasteiger partial charge on any atom is -0.359 e. The molecule has 0 unspecified atom stereocenters. The van der Waals surface area contributed by atoms with E-state index in [0.717, 1.165) is 24.5 Å². The third-order valence-electron chi connectivity index (χ3n) is 3.81. The summed E-state index contributed by atoms with van der Waals surface area (Å²) in [4.78, 5) is 2.49. The second-order valence-electron chi connectivity index (χ2n) is 5.49. The maximum Gasteiger partial charge on any atom is 0.154 e. The average Bonchev–Trinajstić information content (AvgIpc) is 2.98. The maximum atomic E-state index is 5.45. The van der Waals surface area contributed by atoms with Gasteiger partial charge < -0.3 is 4.52 Å². The molecule has 0 radical (unpaired) electrons. The van der Waals surface area contributed by atoms with E-state index < -0.39 is 0 Å². The molecule has 0 saturated carbocycles. The Bertz CT molecular complexity index is 561. The summed E-state index contributed by atoms with van der Waals surface area (Å²) in [6.07, 6.45) is 2.40. The van der Waals surface area contributed by atoms with Crippen LogP contribution in [-0.4, -0.2) is 16.6 Å². The van der Waals surface area contributed by atoms with Crippen LogP contribution in [0.4, 0.5) is 0 Å². The maximum absolute atomic E-state index is 5.45. The standard InChI is InChI=1S/C16H20N2O/c1-12-5-3-6-14(9-12)11-18-8-4-7-15(18)16-10-13(2)17-19-16/h3,5-6,9-10,15H,4,7-8,11H2,1-2H3/t15-/m1/s1. The summed E-state index contributed by atoms with van der Waals surface area (Å²) in [6, 6.07) is 11.2. The van der Waals surface area contributed by atoms with Crippen LogP contribution in [0.15, 0.2) is 34.9 Å². The third kappa shape index (κ3) is 2.71. The van der Waals surface area contributed by atoms with Crippen molar-refractivity contribution >= 4 is 0 Å². The molecule has 1 aromatic heterocycles. The molecule has 1 fully saturated rings. The number of hydrogen-bond donors (Lipinski definition) is 0. The van der Waals surface area contributed by atoms with E-state index in [1.54, 1.807) is 0 Å². The first-order valence-corrected chi connectivity index (χ1v) is 6.95. The molecule has 1 aromatic carbocycles. The predicted molar refractivity (Wildman–Crippen MR) is 74.8 cm³/mol. The summed E-state index contributed by atoms with van der Waals surface area (Å²) in [5, 5.41) is 4.02. The van der Waals surface area contributed by atoms with Crippen LogP contribution in [0.1, 0.15) is 41.5 Å². The van der Waals surface area contributed by atoms with Gasteiger partial charge in [0, 0.05) is 12.6 Å². The fourth-order valence-electron chi connectivity index (χ4n) is 2.92. The molecule has 3 nitrogen and oxygen atoms in total. The minimum atomic E-state index is 0.390. The first-order valence-electron chi connectivity index (χ1n) is 6.95. The van der Waals surface area contributed by atoms with E-state index in [2.05, 4.69) is 47.3 Å². The SMILES string of the molecule is Cc1cccc(CN2CCC[C@@H]2c2cc(C)no2)c1. The molecule has 100 valence electrons. The van der Waals surface area contributed by atoms with Gasteiger partial charge in [0.2, 0.25) is 0 Å². The highest BCUT2D eigenvalue weighted by atomic mass is 16.5. The van der Waals surface area contributed by atoms with Crippen LogP contribution in [0.2, 0.25) is 0 Å². The monoisotopic (exact) mass is 256 g/mol. The number of aryl methyl sites for hydroxylation is 2. The lowest BCUT2D eigenvalue weighted by molar-refractivity contribution is 0.206. The lowest BCUT2D eigenvalue weighted by atomic mass is 10.1. The summed E-state index contributed by atoms with van der Waals surface area (Å²) >= 11 is 0. The van der Waals surface area contributed by atoms with Crippen molar-refractivity contribution < 1.29 is 4.52 Å². The fraction of sp³-hybridized carbons (Fsp3) is 0.438. The Kier molecular flexibility index (Phi) is 3.38. The van der Waals surface area contributed by atoms with E-state index in [1.807, 2.05) is 6.92 Å². The van der Waals surface area contributed by atoms with Crippen LogP contribution in [0, 0.1) is 13.8 Å². The van der Waals surface area contributed by atoms with Crippen LogP contribution >= 0.6 is 0 Å². The van der Waals surface area contributed by atoms with E-state index in [1.165, 1.54) is 24.0 Å². The highest BCUT2D eigenvalue weighted by Gasteiger charge is 2.28. The zero-order chi connectivity index (χ0) is 13.2. The molecule has 0 spiro atoms. The molecule has 3 heteroatoms. The van der Waals surface area contributed by atoms with Crippen molar-refractivity contribution in [1.82, 2.24) is 10.1 Å². The molecule has 0 bridgehead atoms. The van der Waals surface area contributed by atoms with Gasteiger partial charge in [-0.1, -0.05) is 35.0 Å². The van der Waals surface area contributed by atoms with Gasteiger partial charge in [-0.3, -0.25) is 4.90 Å². The molecule has 3 rings (SSSR count). The van der Waals surface area contributed by atoms with E-state index in [-0.39, 0.29) is 0 Å². The summed E-state index contributed by atoms with van der Waals surface area (Å²) < 4.78 is 5.45. The highest BCUT2D eigenvalue weighted by Crippen LogP contribution is 2.33. The number of benzene rings is 1. The second kappa shape index (κ2) is 5.17. The van der Waals surface area contributed by atoms with E-state index in [4.69, 9.17) is 4.52 Å². The molecule has 2 heterocycles. The largest absolute Gasteiger partial charge is 0.359 e. The van der Waals surface area contributed by atoms with Gasteiger partial charge in [-0.15, -0.1) is 0 Å². The van der Waals surface area contributed by atoms with E-state index in [9.17, 15) is 0 Å². The quantitative estimate of drug-likeness (QED) is 0.839. The van der Waals surface area contributed by atoms with Gasteiger partial charge >= 0.3 is 0 Å². The number of aromatic nitrogens is 1. The molecule has 1 atom stereocenters. The van der Waals surface area contributed by atoms with Crippen molar-refractivity contribution in [2.75, 3.05) is 6.54 Å². The summed E-state index contributed by atoms with van der Waals surface area (Å²) in [7, 11) is 0. The Balaban J connectivity index is 1.76. The van der Waals surface area contributed by atoms with Crippen molar-refractivity contribution in [3.8, 4) is 0 Å². The number of hydrogen-bond acceptors (Lipinski definition) is 3. The predicted octanol–water partition coefficient (Wildman–Crippen LogP) is 3.63. The first kappa shape index (κ1) is 12.4. The van der Waals surface area contributed by atoms with Gasteiger partial charge in [-0.05, 0) is 38.8 Å². The Morgan fingerprint density at radius 2 is 2.21 bits per heavy atom. The zero-order valence-corrected chi connectivity index (χ0v) is 11.6. The third-order valence-corrected chi connectivity index (χ3v) is 3.81. The molecule has 1 aliphatic heterocycles. The van der Waals surface area contributed by atoms with Gasteiger partial charge in [0.1, 0.15) is 0 Å². The zero-order valence-electron chi connectivity index (χ0n) is 11.6. The van der Waals surface area contributed by atoms with Crippen LogP contribution in [-0.2, 0) is 6.54 Å². The number of likely N-dealkylation sites (tertiary alicyclic amines) is 1. The van der Waals surface area contributed by atoms with Crippen LogP contribution in [0.25, 0.3) is 0 Å². The Hall–Kier alpha value is -1.61. The van der Waals surface area contributed by atoms with Crippen LogP contribution < -0.4 is 0 Å². The van der Waals surface area contributed by atoms with E-state index >= 15 is 0 Å². The van der Waals surface area contributed by atoms with Crippen molar-refractivity contribution in [3.05, 3.63) is 52.9 Å². The topological polar surface area (TPSA) is 29.3 Å². The highest BCUT2D eigenvalue weighted by molar-refractivity contribution is 5.22. The molecule has 0 N–H and O–H groups in total. The molecule has 0 amide bonds. The van der Waals surface area contributed by atoms with Crippen molar-refractivity contribution in [2.24, 2.45) is 0 Å². The molecular formula is C16H20N2O. The molecule has 1 aliphatic rings. The van der Waals surface area contributed by atoms with Crippen LogP contribution in [0.3, 0.4) is 0 Å². The second-order valence-corrected chi connectivity index (χ2v) is 5.49. The average molecular weight is 256 g/mol.